The number of halogens is 3. The van der Waals surface area contributed by atoms with E-state index in [9.17, 15) is 18.0 Å². The molecule has 136 valence electrons. The largest absolute Gasteiger partial charge is 0.573 e. The minimum Gasteiger partial charge on any atom is -0.406 e. The molecule has 25 heavy (non-hydrogen) atoms. The summed E-state index contributed by atoms with van der Waals surface area (Å²) in [5, 5.41) is 2.32. The van der Waals surface area contributed by atoms with Crippen LogP contribution in [-0.4, -0.2) is 36.1 Å². The molecule has 1 aliphatic heterocycles. The van der Waals surface area contributed by atoms with Gasteiger partial charge in [0, 0.05) is 18.0 Å². The second-order valence-corrected chi connectivity index (χ2v) is 6.37. The number of ether oxygens (including phenoxy) is 1. The third kappa shape index (κ3) is 4.66. The highest BCUT2D eigenvalue weighted by Crippen LogP contribution is 2.32. The monoisotopic (exact) mass is 356 g/mol. The van der Waals surface area contributed by atoms with Gasteiger partial charge in [-0.1, -0.05) is 12.1 Å². The molecule has 0 unspecified atom stereocenters. The Kier molecular flexibility index (Phi) is 4.89. The molecule has 1 N–H and O–H groups in total. The zero-order valence-corrected chi connectivity index (χ0v) is 13.7. The Morgan fingerprint density at radius 2 is 2.04 bits per heavy atom. The van der Waals surface area contributed by atoms with Crippen LogP contribution in [0.5, 0.6) is 5.75 Å². The normalized spacial score (nSPS) is 22.1. The second-order valence-electron chi connectivity index (χ2n) is 6.37. The van der Waals surface area contributed by atoms with E-state index in [1.165, 1.54) is 18.2 Å². The lowest BCUT2D eigenvalue weighted by Crippen LogP contribution is -2.40. The molecule has 3 rings (SSSR count). The number of likely N-dealkylation sites (tertiary alicyclic amines) is 1. The Hall–Kier alpha value is -2.22. The van der Waals surface area contributed by atoms with Crippen LogP contribution in [0.4, 0.5) is 13.2 Å². The van der Waals surface area contributed by atoms with Gasteiger partial charge >= 0.3 is 6.36 Å². The molecule has 5 nitrogen and oxygen atoms in total. The zero-order chi connectivity index (χ0) is 18.0. The lowest BCUT2D eigenvalue weighted by molar-refractivity contribution is -0.274. The van der Waals surface area contributed by atoms with Crippen LogP contribution in [0.25, 0.3) is 0 Å². The summed E-state index contributed by atoms with van der Waals surface area (Å²) < 4.78 is 45.7. The molecule has 2 aromatic rings. The molecule has 0 radical (unpaired) electrons. The average Bonchev–Trinajstić information content (AvgIpc) is 2.96. The van der Waals surface area contributed by atoms with Crippen molar-refractivity contribution < 1.29 is 22.4 Å². The van der Waals surface area contributed by atoms with Crippen LogP contribution in [0, 0.1) is 0 Å². The maximum atomic E-state index is 12.2. The van der Waals surface area contributed by atoms with Crippen LogP contribution in [0.15, 0.2) is 39.6 Å². The van der Waals surface area contributed by atoms with Gasteiger partial charge in [-0.25, -0.2) is 0 Å². The number of benzene rings is 1. The summed E-state index contributed by atoms with van der Waals surface area (Å²) in [6, 6.07) is 7.65. The smallest absolute Gasteiger partial charge is 0.406 e. The van der Waals surface area contributed by atoms with Crippen molar-refractivity contribution in [2.45, 2.75) is 37.6 Å². The van der Waals surface area contributed by atoms with Gasteiger partial charge in [-0.2, -0.15) is 5.16 Å². The van der Waals surface area contributed by atoms with Crippen LogP contribution < -0.4 is 10.3 Å². The fourth-order valence-electron chi connectivity index (χ4n) is 3.26. The maximum absolute atomic E-state index is 12.2. The summed E-state index contributed by atoms with van der Waals surface area (Å²) >= 11 is 0. The first-order chi connectivity index (χ1) is 11.8. The lowest BCUT2D eigenvalue weighted by atomic mass is 9.86. The van der Waals surface area contributed by atoms with E-state index in [1.807, 2.05) is 7.05 Å². The molecule has 0 saturated carbocycles. The van der Waals surface area contributed by atoms with E-state index in [-0.39, 0.29) is 23.3 Å². The maximum Gasteiger partial charge on any atom is 0.573 e. The van der Waals surface area contributed by atoms with Crippen molar-refractivity contribution in [1.82, 2.24) is 10.1 Å². The summed E-state index contributed by atoms with van der Waals surface area (Å²) in [5.41, 5.74) is 0.688. The Labute approximate surface area is 142 Å². The number of hydrogen-bond donors (Lipinski definition) is 1. The predicted molar refractivity (Wildman–Crippen MR) is 84.6 cm³/mol. The number of alkyl halides is 3. The first-order valence-corrected chi connectivity index (χ1v) is 8.03. The SMILES string of the molecule is CN1CC[C@H](c2cc(=O)[nH]o2)C[C@@H]1Cc1ccc(OC(F)(F)F)cc1. The number of H-pyrrole nitrogens is 1. The third-order valence-corrected chi connectivity index (χ3v) is 4.58. The van der Waals surface area contributed by atoms with Crippen molar-refractivity contribution >= 4 is 0 Å². The molecule has 2 heterocycles. The molecule has 1 aromatic carbocycles. The first kappa shape index (κ1) is 17.6. The number of piperidine rings is 1. The molecule has 1 fully saturated rings. The number of nitrogens with zero attached hydrogens (tertiary/aromatic N) is 1. The van der Waals surface area contributed by atoms with Crippen molar-refractivity contribution in [3.05, 3.63) is 52.0 Å². The number of likely N-dealkylation sites (N-methyl/N-ethyl adjacent to an activating group) is 1. The number of nitrogens with one attached hydrogen (secondary N) is 1. The lowest BCUT2D eigenvalue weighted by Gasteiger charge is -2.36. The molecular formula is C17H19F3N2O3. The average molecular weight is 356 g/mol. The Morgan fingerprint density at radius 3 is 2.64 bits per heavy atom. The first-order valence-electron chi connectivity index (χ1n) is 8.03. The molecule has 1 aromatic heterocycles. The molecule has 8 heteroatoms. The van der Waals surface area contributed by atoms with E-state index in [1.54, 1.807) is 12.1 Å². The fourth-order valence-corrected chi connectivity index (χ4v) is 3.26. The number of aromatic nitrogens is 1. The van der Waals surface area contributed by atoms with Gasteiger partial charge in [0.2, 0.25) is 0 Å². The fraction of sp³-hybridized carbons (Fsp3) is 0.471. The van der Waals surface area contributed by atoms with Crippen molar-refractivity contribution in [2.75, 3.05) is 13.6 Å². The van der Waals surface area contributed by atoms with E-state index in [0.717, 1.165) is 24.9 Å². The minimum absolute atomic E-state index is 0.160. The summed E-state index contributed by atoms with van der Waals surface area (Å²) in [5.74, 6) is 0.602. The summed E-state index contributed by atoms with van der Waals surface area (Å²) in [7, 11) is 2.02. The molecule has 1 aliphatic rings. The highest BCUT2D eigenvalue weighted by Gasteiger charge is 2.31. The number of aromatic amines is 1. The minimum atomic E-state index is -4.68. The second kappa shape index (κ2) is 6.95. The van der Waals surface area contributed by atoms with Crippen LogP contribution in [-0.2, 0) is 6.42 Å². The third-order valence-electron chi connectivity index (χ3n) is 4.58. The standard InChI is InChI=1S/C17H19F3N2O3/c1-22-7-6-12(15-10-16(23)21-25-15)9-13(22)8-11-2-4-14(5-3-11)24-17(18,19)20/h2-5,10,12-13H,6-9H2,1H3,(H,21,23)/t12-,13-/m0/s1. The molecule has 0 spiro atoms. The Morgan fingerprint density at radius 1 is 1.32 bits per heavy atom. The van der Waals surface area contributed by atoms with Gasteiger partial charge < -0.3 is 14.2 Å². The van der Waals surface area contributed by atoms with Gasteiger partial charge in [-0.3, -0.25) is 4.79 Å². The quantitative estimate of drug-likeness (QED) is 0.913. The molecule has 0 amide bonds. The summed E-state index contributed by atoms with van der Waals surface area (Å²) in [6.45, 7) is 0.861. The van der Waals surface area contributed by atoms with E-state index < -0.39 is 6.36 Å². The van der Waals surface area contributed by atoms with E-state index >= 15 is 0 Å². The predicted octanol–water partition coefficient (Wildman–Crippen LogP) is 3.29. The van der Waals surface area contributed by atoms with E-state index in [0.29, 0.717) is 12.2 Å². The van der Waals surface area contributed by atoms with Crippen LogP contribution in [0.3, 0.4) is 0 Å². The summed E-state index contributed by atoms with van der Waals surface area (Å²) in [4.78, 5) is 13.5. The topological polar surface area (TPSA) is 58.5 Å². The van der Waals surface area contributed by atoms with Gasteiger partial charge in [-0.15, -0.1) is 13.2 Å². The molecule has 2 atom stereocenters. The number of hydrogen-bond acceptors (Lipinski definition) is 4. The van der Waals surface area contributed by atoms with Crippen molar-refractivity contribution in [2.24, 2.45) is 0 Å². The van der Waals surface area contributed by atoms with Gasteiger partial charge in [0.15, 0.2) is 0 Å². The molecular weight excluding hydrogens is 337 g/mol. The number of rotatable bonds is 4. The Balaban J connectivity index is 1.65. The highest BCUT2D eigenvalue weighted by molar-refractivity contribution is 5.28. The van der Waals surface area contributed by atoms with Crippen molar-refractivity contribution in [3.63, 3.8) is 0 Å². The van der Waals surface area contributed by atoms with Gasteiger partial charge in [0.1, 0.15) is 11.5 Å². The van der Waals surface area contributed by atoms with Crippen molar-refractivity contribution in [1.29, 1.82) is 0 Å². The van der Waals surface area contributed by atoms with Gasteiger partial charge in [-0.05, 0) is 50.6 Å². The molecule has 0 bridgehead atoms. The van der Waals surface area contributed by atoms with Gasteiger partial charge in [0.25, 0.3) is 5.56 Å². The van der Waals surface area contributed by atoms with Crippen LogP contribution in [0.2, 0.25) is 0 Å². The van der Waals surface area contributed by atoms with E-state index in [4.69, 9.17) is 4.52 Å². The Bertz CT molecular complexity index is 751. The highest BCUT2D eigenvalue weighted by atomic mass is 19.4. The zero-order valence-electron chi connectivity index (χ0n) is 13.7. The van der Waals surface area contributed by atoms with Gasteiger partial charge in [0.05, 0.1) is 0 Å². The molecule has 1 saturated heterocycles. The van der Waals surface area contributed by atoms with Crippen LogP contribution >= 0.6 is 0 Å². The van der Waals surface area contributed by atoms with Crippen LogP contribution in [0.1, 0.15) is 30.1 Å². The summed E-state index contributed by atoms with van der Waals surface area (Å²) in [6.07, 6.45) is -2.27. The molecule has 0 aliphatic carbocycles. The van der Waals surface area contributed by atoms with E-state index in [2.05, 4.69) is 14.8 Å². The van der Waals surface area contributed by atoms with Crippen molar-refractivity contribution in [3.8, 4) is 5.75 Å².